The van der Waals surface area contributed by atoms with Crippen LogP contribution in [0, 0.1) is 22.7 Å². The number of carbonyl (C=O) groups excluding carboxylic acids is 1. The van der Waals surface area contributed by atoms with Gasteiger partial charge >= 0.3 is 0 Å². The molecule has 1 aliphatic rings. The molecular formula is C23H23N3O. The maximum Gasteiger partial charge on any atom is 0.159 e. The quantitative estimate of drug-likeness (QED) is 0.609. The van der Waals surface area contributed by atoms with Gasteiger partial charge in [-0.2, -0.15) is 10.5 Å². The number of nitrogens with two attached hydrogens (primary N) is 1. The van der Waals surface area contributed by atoms with E-state index in [0.717, 1.165) is 60.8 Å². The number of ketones is 1. The van der Waals surface area contributed by atoms with Crippen molar-refractivity contribution in [2.45, 2.75) is 51.9 Å². The minimum absolute atomic E-state index is 0.00760. The van der Waals surface area contributed by atoms with Crippen molar-refractivity contribution in [1.29, 1.82) is 10.5 Å². The van der Waals surface area contributed by atoms with Crippen molar-refractivity contribution in [2.75, 3.05) is 5.73 Å². The molecule has 136 valence electrons. The summed E-state index contributed by atoms with van der Waals surface area (Å²) in [4.78, 5) is 11.6. The van der Waals surface area contributed by atoms with E-state index in [2.05, 4.69) is 12.1 Å². The zero-order valence-corrected chi connectivity index (χ0v) is 15.6. The first-order chi connectivity index (χ1) is 13.1. The van der Waals surface area contributed by atoms with Gasteiger partial charge in [-0.3, -0.25) is 4.79 Å². The van der Waals surface area contributed by atoms with Crippen molar-refractivity contribution in [3.63, 3.8) is 0 Å². The van der Waals surface area contributed by atoms with Crippen molar-refractivity contribution in [2.24, 2.45) is 0 Å². The summed E-state index contributed by atoms with van der Waals surface area (Å²) in [5.41, 5.74) is 11.8. The van der Waals surface area contributed by atoms with E-state index in [1.54, 1.807) is 12.1 Å². The molecule has 0 spiro atoms. The summed E-state index contributed by atoms with van der Waals surface area (Å²) >= 11 is 0. The molecule has 3 rings (SSSR count). The Morgan fingerprint density at radius 3 is 2.00 bits per heavy atom. The number of fused-ring (bicyclic) bond motifs is 1. The SMILES string of the molecule is CC(=O)c1ccc(-c2c(C#N)c(N)c(C#N)c3c2CCCCCCC3)cc1. The Morgan fingerprint density at radius 1 is 0.889 bits per heavy atom. The van der Waals surface area contributed by atoms with E-state index in [9.17, 15) is 15.3 Å². The Labute approximate surface area is 160 Å². The summed E-state index contributed by atoms with van der Waals surface area (Å²) in [5.74, 6) is 0.00760. The van der Waals surface area contributed by atoms with Crippen LogP contribution in [0.3, 0.4) is 0 Å². The first-order valence-electron chi connectivity index (χ1n) is 9.47. The van der Waals surface area contributed by atoms with Gasteiger partial charge in [0, 0.05) is 11.1 Å². The Hall–Kier alpha value is -3.11. The van der Waals surface area contributed by atoms with Gasteiger partial charge < -0.3 is 5.73 Å². The van der Waals surface area contributed by atoms with Crippen molar-refractivity contribution < 1.29 is 4.79 Å². The van der Waals surface area contributed by atoms with Gasteiger partial charge in [0.1, 0.15) is 12.1 Å². The third-order valence-corrected chi connectivity index (χ3v) is 5.41. The number of hydrogen-bond donors (Lipinski definition) is 1. The Kier molecular flexibility index (Phi) is 5.57. The lowest BCUT2D eigenvalue weighted by atomic mass is 9.83. The second-order valence-corrected chi connectivity index (χ2v) is 7.12. The topological polar surface area (TPSA) is 90.7 Å². The number of nitriles is 2. The summed E-state index contributed by atoms with van der Waals surface area (Å²) in [6.45, 7) is 1.54. The van der Waals surface area contributed by atoms with Crippen molar-refractivity contribution in [3.05, 3.63) is 52.1 Å². The molecule has 0 radical (unpaired) electrons. The van der Waals surface area contributed by atoms with Crippen LogP contribution >= 0.6 is 0 Å². The summed E-state index contributed by atoms with van der Waals surface area (Å²) in [5, 5.41) is 19.5. The Morgan fingerprint density at radius 2 is 1.44 bits per heavy atom. The molecule has 0 saturated heterocycles. The second-order valence-electron chi connectivity index (χ2n) is 7.12. The predicted octanol–water partition coefficient (Wildman–Crippen LogP) is 4.93. The fraction of sp³-hybridized carbons (Fsp3) is 0.348. The number of anilines is 1. The third-order valence-electron chi connectivity index (χ3n) is 5.41. The highest BCUT2D eigenvalue weighted by Crippen LogP contribution is 2.39. The van der Waals surface area contributed by atoms with E-state index in [1.165, 1.54) is 13.3 Å². The van der Waals surface area contributed by atoms with Crippen LogP contribution in [0.15, 0.2) is 24.3 Å². The molecule has 2 N–H and O–H groups in total. The standard InChI is InChI=1S/C23H23N3O/c1-15(27)16-9-11-17(12-10-16)22-19-8-6-4-2-3-5-7-18(19)20(13-24)23(26)21(22)14-25/h9-12H,2-8,26H2,1H3. The minimum Gasteiger partial charge on any atom is -0.397 e. The first kappa shape index (κ1) is 18.7. The highest BCUT2D eigenvalue weighted by Gasteiger charge is 2.23. The minimum atomic E-state index is 0.00760. The second kappa shape index (κ2) is 8.06. The molecule has 27 heavy (non-hydrogen) atoms. The molecular weight excluding hydrogens is 334 g/mol. The van der Waals surface area contributed by atoms with Crippen LogP contribution in [0.1, 0.15) is 71.6 Å². The normalized spacial score (nSPS) is 14.0. The zero-order valence-electron chi connectivity index (χ0n) is 15.6. The lowest BCUT2D eigenvalue weighted by Gasteiger charge is -2.20. The molecule has 0 saturated carbocycles. The van der Waals surface area contributed by atoms with Gasteiger partial charge in [0.05, 0.1) is 16.8 Å². The van der Waals surface area contributed by atoms with Crippen LogP contribution in [0.5, 0.6) is 0 Å². The molecule has 0 bridgehead atoms. The van der Waals surface area contributed by atoms with E-state index in [1.807, 2.05) is 12.1 Å². The molecule has 0 aliphatic heterocycles. The maximum absolute atomic E-state index is 11.6. The van der Waals surface area contributed by atoms with Gasteiger partial charge in [0.25, 0.3) is 0 Å². The summed E-state index contributed by atoms with van der Waals surface area (Å²) in [6, 6.07) is 11.8. The molecule has 0 unspecified atom stereocenters. The number of carbonyl (C=O) groups is 1. The summed E-state index contributed by atoms with van der Waals surface area (Å²) in [7, 11) is 0. The van der Waals surface area contributed by atoms with E-state index < -0.39 is 0 Å². The predicted molar refractivity (Wildman–Crippen MR) is 106 cm³/mol. The molecule has 1 aliphatic carbocycles. The fourth-order valence-corrected chi connectivity index (χ4v) is 3.99. The largest absolute Gasteiger partial charge is 0.397 e. The summed E-state index contributed by atoms with van der Waals surface area (Å²) < 4.78 is 0. The molecule has 0 aromatic heterocycles. The smallest absolute Gasteiger partial charge is 0.159 e. The lowest BCUT2D eigenvalue weighted by Crippen LogP contribution is -2.08. The Bertz CT molecular complexity index is 959. The van der Waals surface area contributed by atoms with Crippen LogP contribution in [0.4, 0.5) is 5.69 Å². The van der Waals surface area contributed by atoms with Crippen molar-refractivity contribution in [1.82, 2.24) is 0 Å². The van der Waals surface area contributed by atoms with Gasteiger partial charge in [-0.15, -0.1) is 0 Å². The van der Waals surface area contributed by atoms with Crippen molar-refractivity contribution in [3.8, 4) is 23.3 Å². The molecule has 0 atom stereocenters. The maximum atomic E-state index is 11.6. The number of benzene rings is 2. The van der Waals surface area contributed by atoms with Crippen LogP contribution in [-0.2, 0) is 12.8 Å². The monoisotopic (exact) mass is 357 g/mol. The van der Waals surface area contributed by atoms with E-state index in [4.69, 9.17) is 5.73 Å². The molecule has 0 amide bonds. The first-order valence-corrected chi connectivity index (χ1v) is 9.47. The molecule has 0 fully saturated rings. The van der Waals surface area contributed by atoms with Crippen LogP contribution < -0.4 is 5.73 Å². The molecule has 2 aromatic rings. The molecule has 2 aromatic carbocycles. The number of nitrogens with zero attached hydrogens (tertiary/aromatic N) is 2. The summed E-state index contributed by atoms with van der Waals surface area (Å²) in [6.07, 6.45) is 7.19. The number of nitrogen functional groups attached to an aromatic ring is 1. The average Bonchev–Trinajstić information content (AvgIpc) is 2.79. The average molecular weight is 357 g/mol. The van der Waals surface area contributed by atoms with Crippen LogP contribution in [0.2, 0.25) is 0 Å². The van der Waals surface area contributed by atoms with Crippen LogP contribution in [0.25, 0.3) is 11.1 Å². The third kappa shape index (κ3) is 3.57. The van der Waals surface area contributed by atoms with E-state index in [0.29, 0.717) is 16.7 Å². The highest BCUT2D eigenvalue weighted by molar-refractivity contribution is 5.95. The fourth-order valence-electron chi connectivity index (χ4n) is 3.99. The number of Topliss-reactive ketones (excluding diaryl/α,β-unsaturated/α-hetero) is 1. The molecule has 0 heterocycles. The number of hydrogen-bond acceptors (Lipinski definition) is 4. The van der Waals surface area contributed by atoms with Crippen LogP contribution in [-0.4, -0.2) is 5.78 Å². The van der Waals surface area contributed by atoms with Gasteiger partial charge in [-0.25, -0.2) is 0 Å². The van der Waals surface area contributed by atoms with E-state index in [-0.39, 0.29) is 11.5 Å². The highest BCUT2D eigenvalue weighted by atomic mass is 16.1. The zero-order chi connectivity index (χ0) is 19.4. The van der Waals surface area contributed by atoms with Gasteiger partial charge in [-0.05, 0) is 49.3 Å². The lowest BCUT2D eigenvalue weighted by molar-refractivity contribution is 0.101. The van der Waals surface area contributed by atoms with Gasteiger partial charge in [0.15, 0.2) is 5.78 Å². The number of rotatable bonds is 2. The van der Waals surface area contributed by atoms with Gasteiger partial charge in [0.2, 0.25) is 0 Å². The van der Waals surface area contributed by atoms with Crippen molar-refractivity contribution >= 4 is 11.5 Å². The van der Waals surface area contributed by atoms with Gasteiger partial charge in [-0.1, -0.05) is 43.5 Å². The molecule has 4 nitrogen and oxygen atoms in total. The molecule has 4 heteroatoms. The van der Waals surface area contributed by atoms with E-state index >= 15 is 0 Å². The Balaban J connectivity index is 2.30.